The van der Waals surface area contributed by atoms with Gasteiger partial charge in [-0.3, -0.25) is 9.59 Å². The normalized spacial score (nSPS) is 15.3. The Morgan fingerprint density at radius 3 is 2.17 bits per heavy atom. The van der Waals surface area contributed by atoms with Crippen molar-refractivity contribution in [1.29, 1.82) is 0 Å². The van der Waals surface area contributed by atoms with Crippen LogP contribution in [-0.4, -0.2) is 58.9 Å². The zero-order valence-electron chi connectivity index (χ0n) is 14.4. The van der Waals surface area contributed by atoms with Crippen LogP contribution in [0, 0.1) is 5.41 Å². The Labute approximate surface area is 142 Å². The summed E-state index contributed by atoms with van der Waals surface area (Å²) in [5.41, 5.74) is 0.456. The first-order chi connectivity index (χ1) is 11.2. The first-order valence-electron chi connectivity index (χ1n) is 8.08. The SMILES string of the molecule is CC(C)(C)C(=O)N1CCN(C(=O)Cc2cccc(C(=O)O)c2)CC1. The molecule has 2 amide bonds. The fourth-order valence-electron chi connectivity index (χ4n) is 2.73. The Kier molecular flexibility index (Phi) is 5.26. The van der Waals surface area contributed by atoms with E-state index in [9.17, 15) is 14.4 Å². The Hall–Kier alpha value is -2.37. The third kappa shape index (κ3) is 4.34. The first-order valence-corrected chi connectivity index (χ1v) is 8.08. The summed E-state index contributed by atoms with van der Waals surface area (Å²) in [6.07, 6.45) is 0.175. The molecule has 1 aromatic rings. The minimum absolute atomic E-state index is 0.0413. The van der Waals surface area contributed by atoms with Crippen molar-refractivity contribution < 1.29 is 19.5 Å². The van der Waals surface area contributed by atoms with Gasteiger partial charge in [0.05, 0.1) is 12.0 Å². The molecule has 24 heavy (non-hydrogen) atoms. The number of carbonyl (C=O) groups excluding carboxylic acids is 2. The fraction of sp³-hybridized carbons (Fsp3) is 0.500. The van der Waals surface area contributed by atoms with E-state index in [-0.39, 0.29) is 23.8 Å². The third-order valence-corrected chi connectivity index (χ3v) is 4.09. The standard InChI is InChI=1S/C18H24N2O4/c1-18(2,3)17(24)20-9-7-19(8-10-20)15(21)12-13-5-4-6-14(11-13)16(22)23/h4-6,11H,7-10,12H2,1-3H3,(H,22,23). The van der Waals surface area contributed by atoms with Gasteiger partial charge >= 0.3 is 5.97 Å². The summed E-state index contributed by atoms with van der Waals surface area (Å²) in [5.74, 6) is -0.942. The van der Waals surface area contributed by atoms with Gasteiger partial charge in [0.2, 0.25) is 11.8 Å². The molecular formula is C18H24N2O4. The van der Waals surface area contributed by atoms with Crippen LogP contribution in [0.2, 0.25) is 0 Å². The van der Waals surface area contributed by atoms with Gasteiger partial charge in [-0.1, -0.05) is 32.9 Å². The van der Waals surface area contributed by atoms with Crippen molar-refractivity contribution >= 4 is 17.8 Å². The average molecular weight is 332 g/mol. The molecule has 0 aromatic heterocycles. The largest absolute Gasteiger partial charge is 0.478 e. The molecule has 1 saturated heterocycles. The lowest BCUT2D eigenvalue weighted by Gasteiger charge is -2.37. The Morgan fingerprint density at radius 2 is 1.62 bits per heavy atom. The topological polar surface area (TPSA) is 77.9 Å². The molecule has 0 unspecified atom stereocenters. The maximum Gasteiger partial charge on any atom is 0.335 e. The molecule has 1 aliphatic heterocycles. The molecule has 1 heterocycles. The second-order valence-corrected chi connectivity index (χ2v) is 7.11. The molecule has 1 fully saturated rings. The maximum absolute atomic E-state index is 12.4. The van der Waals surface area contributed by atoms with Gasteiger partial charge in [0.15, 0.2) is 0 Å². The third-order valence-electron chi connectivity index (χ3n) is 4.09. The molecule has 0 saturated carbocycles. The van der Waals surface area contributed by atoms with Crippen molar-refractivity contribution in [3.8, 4) is 0 Å². The predicted molar refractivity (Wildman–Crippen MR) is 89.7 cm³/mol. The smallest absolute Gasteiger partial charge is 0.335 e. The van der Waals surface area contributed by atoms with Crippen LogP contribution in [0.3, 0.4) is 0 Å². The lowest BCUT2D eigenvalue weighted by atomic mass is 9.94. The van der Waals surface area contributed by atoms with Gasteiger partial charge in [-0.05, 0) is 17.7 Å². The number of carboxylic acids is 1. The summed E-state index contributed by atoms with van der Waals surface area (Å²) in [6.45, 7) is 7.78. The number of nitrogens with zero attached hydrogens (tertiary/aromatic N) is 2. The number of benzene rings is 1. The summed E-state index contributed by atoms with van der Waals surface area (Å²) in [4.78, 5) is 39.2. The van der Waals surface area contributed by atoms with E-state index in [2.05, 4.69) is 0 Å². The monoisotopic (exact) mass is 332 g/mol. The fourth-order valence-corrected chi connectivity index (χ4v) is 2.73. The Balaban J connectivity index is 1.93. The van der Waals surface area contributed by atoms with Gasteiger partial charge < -0.3 is 14.9 Å². The second kappa shape index (κ2) is 7.03. The van der Waals surface area contributed by atoms with Gasteiger partial charge in [-0.15, -0.1) is 0 Å². The van der Waals surface area contributed by atoms with Crippen molar-refractivity contribution in [2.75, 3.05) is 26.2 Å². The Bertz CT molecular complexity index is 641. The Morgan fingerprint density at radius 1 is 1.04 bits per heavy atom. The highest BCUT2D eigenvalue weighted by molar-refractivity contribution is 5.88. The molecule has 6 heteroatoms. The van der Waals surface area contributed by atoms with Crippen LogP contribution in [0.25, 0.3) is 0 Å². The minimum atomic E-state index is -1.00. The first kappa shape index (κ1) is 18.0. The van der Waals surface area contributed by atoms with Crippen LogP contribution >= 0.6 is 0 Å². The van der Waals surface area contributed by atoms with E-state index in [1.54, 1.807) is 21.9 Å². The van der Waals surface area contributed by atoms with Gasteiger partial charge in [0, 0.05) is 31.6 Å². The van der Waals surface area contributed by atoms with E-state index >= 15 is 0 Å². The van der Waals surface area contributed by atoms with Crippen LogP contribution < -0.4 is 0 Å². The molecule has 1 N–H and O–H groups in total. The van der Waals surface area contributed by atoms with E-state index in [4.69, 9.17) is 5.11 Å². The lowest BCUT2D eigenvalue weighted by Crippen LogP contribution is -2.53. The number of amides is 2. The number of carboxylic acid groups (broad SMARTS) is 1. The van der Waals surface area contributed by atoms with Crippen LogP contribution in [0.15, 0.2) is 24.3 Å². The highest BCUT2D eigenvalue weighted by Gasteiger charge is 2.30. The number of rotatable bonds is 3. The number of carbonyl (C=O) groups is 3. The summed E-state index contributed by atoms with van der Waals surface area (Å²) >= 11 is 0. The van der Waals surface area contributed by atoms with E-state index in [0.717, 1.165) is 0 Å². The average Bonchev–Trinajstić information content (AvgIpc) is 2.53. The zero-order valence-corrected chi connectivity index (χ0v) is 14.4. The molecule has 0 atom stereocenters. The van der Waals surface area contributed by atoms with Crippen molar-refractivity contribution in [3.05, 3.63) is 35.4 Å². The van der Waals surface area contributed by atoms with Gasteiger partial charge in [0.1, 0.15) is 0 Å². The van der Waals surface area contributed by atoms with E-state index in [0.29, 0.717) is 31.7 Å². The van der Waals surface area contributed by atoms with Gasteiger partial charge in [-0.25, -0.2) is 4.79 Å². The maximum atomic E-state index is 12.4. The summed E-state index contributed by atoms with van der Waals surface area (Å²) in [7, 11) is 0. The molecule has 6 nitrogen and oxygen atoms in total. The molecule has 0 bridgehead atoms. The minimum Gasteiger partial charge on any atom is -0.478 e. The van der Waals surface area contributed by atoms with Gasteiger partial charge in [0.25, 0.3) is 0 Å². The van der Waals surface area contributed by atoms with Gasteiger partial charge in [-0.2, -0.15) is 0 Å². The molecule has 130 valence electrons. The molecule has 2 rings (SSSR count). The molecular weight excluding hydrogens is 308 g/mol. The zero-order chi connectivity index (χ0) is 17.9. The highest BCUT2D eigenvalue weighted by Crippen LogP contribution is 2.19. The molecule has 1 aliphatic rings. The molecule has 0 radical (unpaired) electrons. The number of hydrogen-bond donors (Lipinski definition) is 1. The predicted octanol–water partition coefficient (Wildman–Crippen LogP) is 1.64. The second-order valence-electron chi connectivity index (χ2n) is 7.11. The molecule has 1 aromatic carbocycles. The van der Waals surface area contributed by atoms with E-state index in [1.165, 1.54) is 12.1 Å². The van der Waals surface area contributed by atoms with Crippen molar-refractivity contribution in [2.45, 2.75) is 27.2 Å². The van der Waals surface area contributed by atoms with Crippen molar-refractivity contribution in [3.63, 3.8) is 0 Å². The van der Waals surface area contributed by atoms with Crippen molar-refractivity contribution in [2.24, 2.45) is 5.41 Å². The number of hydrogen-bond acceptors (Lipinski definition) is 3. The van der Waals surface area contributed by atoms with E-state index in [1.807, 2.05) is 20.8 Å². The number of aromatic carboxylic acids is 1. The van der Waals surface area contributed by atoms with Crippen LogP contribution in [-0.2, 0) is 16.0 Å². The number of piperazine rings is 1. The highest BCUT2D eigenvalue weighted by atomic mass is 16.4. The van der Waals surface area contributed by atoms with Crippen LogP contribution in [0.4, 0.5) is 0 Å². The summed E-state index contributed by atoms with van der Waals surface area (Å²) in [5, 5.41) is 9.01. The van der Waals surface area contributed by atoms with E-state index < -0.39 is 11.4 Å². The quantitative estimate of drug-likeness (QED) is 0.913. The molecule has 0 spiro atoms. The summed E-state index contributed by atoms with van der Waals surface area (Å²) in [6, 6.07) is 6.43. The summed E-state index contributed by atoms with van der Waals surface area (Å²) < 4.78 is 0. The van der Waals surface area contributed by atoms with Crippen molar-refractivity contribution in [1.82, 2.24) is 9.80 Å². The lowest BCUT2D eigenvalue weighted by molar-refractivity contribution is -0.144. The van der Waals surface area contributed by atoms with Crippen LogP contribution in [0.1, 0.15) is 36.7 Å². The molecule has 0 aliphatic carbocycles. The van der Waals surface area contributed by atoms with Crippen LogP contribution in [0.5, 0.6) is 0 Å².